The van der Waals surface area contributed by atoms with Crippen LogP contribution in [0.2, 0.25) is 0 Å². The Morgan fingerprint density at radius 2 is 2.20 bits per heavy atom. The van der Waals surface area contributed by atoms with Gasteiger partial charge >= 0.3 is 0 Å². The molecular formula is C8H8BrN. The van der Waals surface area contributed by atoms with Crippen molar-refractivity contribution in [1.29, 1.82) is 0 Å². The molecule has 1 fully saturated rings. The zero-order valence-electron chi connectivity index (χ0n) is 5.55. The molecule has 0 aliphatic heterocycles. The van der Waals surface area contributed by atoms with E-state index in [-0.39, 0.29) is 0 Å². The standard InChI is InChI=1S/C8H8BrN/c9-8-3-1-2-7(10-8)6-4-5-6/h1-3,6H,4-5H2. The van der Waals surface area contributed by atoms with Gasteiger partial charge in [-0.1, -0.05) is 6.07 Å². The van der Waals surface area contributed by atoms with Crippen LogP contribution in [0.25, 0.3) is 0 Å². The monoisotopic (exact) mass is 197 g/mol. The molecule has 0 radical (unpaired) electrons. The van der Waals surface area contributed by atoms with Crippen LogP contribution in [0.5, 0.6) is 0 Å². The van der Waals surface area contributed by atoms with Crippen LogP contribution < -0.4 is 0 Å². The minimum absolute atomic E-state index is 0.762. The fraction of sp³-hybridized carbons (Fsp3) is 0.375. The van der Waals surface area contributed by atoms with Crippen molar-refractivity contribution < 1.29 is 0 Å². The summed E-state index contributed by atoms with van der Waals surface area (Å²) >= 11 is 3.35. The lowest BCUT2D eigenvalue weighted by atomic mass is 10.3. The maximum Gasteiger partial charge on any atom is 0.106 e. The molecule has 1 aromatic rings. The van der Waals surface area contributed by atoms with E-state index >= 15 is 0 Å². The number of aromatic nitrogens is 1. The summed E-state index contributed by atoms with van der Waals surface area (Å²) in [5, 5.41) is 0. The number of pyridine rings is 1. The van der Waals surface area contributed by atoms with Crippen LogP contribution in [0.3, 0.4) is 0 Å². The van der Waals surface area contributed by atoms with Crippen LogP contribution in [0.1, 0.15) is 24.5 Å². The summed E-state index contributed by atoms with van der Waals surface area (Å²) in [7, 11) is 0. The third-order valence-electron chi connectivity index (χ3n) is 1.73. The van der Waals surface area contributed by atoms with Gasteiger partial charge in [0.05, 0.1) is 0 Å². The largest absolute Gasteiger partial charge is 0.246 e. The first kappa shape index (κ1) is 6.35. The Labute approximate surface area is 68.6 Å². The van der Waals surface area contributed by atoms with E-state index in [9.17, 15) is 0 Å². The second-order valence-corrected chi connectivity index (χ2v) is 3.47. The van der Waals surface area contributed by atoms with Crippen molar-refractivity contribution in [3.05, 3.63) is 28.5 Å². The molecular weight excluding hydrogens is 190 g/mol. The molecule has 0 spiro atoms. The van der Waals surface area contributed by atoms with E-state index < -0.39 is 0 Å². The molecule has 1 heterocycles. The van der Waals surface area contributed by atoms with Crippen LogP contribution in [0.15, 0.2) is 22.8 Å². The van der Waals surface area contributed by atoms with Crippen molar-refractivity contribution in [2.45, 2.75) is 18.8 Å². The fourth-order valence-electron chi connectivity index (χ4n) is 1.03. The van der Waals surface area contributed by atoms with Gasteiger partial charge in [0.1, 0.15) is 4.60 Å². The Morgan fingerprint density at radius 3 is 2.80 bits per heavy atom. The highest BCUT2D eigenvalue weighted by Crippen LogP contribution is 2.39. The summed E-state index contributed by atoms with van der Waals surface area (Å²) in [6, 6.07) is 6.11. The van der Waals surface area contributed by atoms with Crippen LogP contribution in [0, 0.1) is 0 Å². The van der Waals surface area contributed by atoms with Crippen molar-refractivity contribution in [3.63, 3.8) is 0 Å². The zero-order chi connectivity index (χ0) is 6.97. The molecule has 0 saturated heterocycles. The highest BCUT2D eigenvalue weighted by molar-refractivity contribution is 9.10. The van der Waals surface area contributed by atoms with Gasteiger partial charge in [0.25, 0.3) is 0 Å². The second-order valence-electron chi connectivity index (χ2n) is 2.66. The predicted molar refractivity (Wildman–Crippen MR) is 43.9 cm³/mol. The molecule has 0 bridgehead atoms. The van der Waals surface area contributed by atoms with Gasteiger partial charge in [-0.25, -0.2) is 4.98 Å². The van der Waals surface area contributed by atoms with Crippen LogP contribution >= 0.6 is 15.9 Å². The Balaban J connectivity index is 2.32. The maximum atomic E-state index is 4.35. The van der Waals surface area contributed by atoms with Crippen molar-refractivity contribution >= 4 is 15.9 Å². The van der Waals surface area contributed by atoms with Crippen LogP contribution in [-0.2, 0) is 0 Å². The highest BCUT2D eigenvalue weighted by atomic mass is 79.9. The fourth-order valence-corrected chi connectivity index (χ4v) is 1.39. The van der Waals surface area contributed by atoms with E-state index in [4.69, 9.17) is 0 Å². The molecule has 0 amide bonds. The Morgan fingerprint density at radius 1 is 1.40 bits per heavy atom. The lowest BCUT2D eigenvalue weighted by Crippen LogP contribution is -1.84. The topological polar surface area (TPSA) is 12.9 Å². The molecule has 0 atom stereocenters. The van der Waals surface area contributed by atoms with E-state index in [1.807, 2.05) is 12.1 Å². The van der Waals surface area contributed by atoms with Crippen molar-refractivity contribution in [2.24, 2.45) is 0 Å². The lowest BCUT2D eigenvalue weighted by Gasteiger charge is -1.95. The predicted octanol–water partition coefficient (Wildman–Crippen LogP) is 2.72. The molecule has 0 N–H and O–H groups in total. The van der Waals surface area contributed by atoms with Crippen molar-refractivity contribution in [3.8, 4) is 0 Å². The normalized spacial score (nSPS) is 17.3. The number of rotatable bonds is 1. The molecule has 2 heteroatoms. The minimum Gasteiger partial charge on any atom is -0.246 e. The van der Waals surface area contributed by atoms with Gasteiger partial charge in [-0.2, -0.15) is 0 Å². The smallest absolute Gasteiger partial charge is 0.106 e. The Hall–Kier alpha value is -0.370. The second kappa shape index (κ2) is 2.35. The molecule has 10 heavy (non-hydrogen) atoms. The third-order valence-corrected chi connectivity index (χ3v) is 2.17. The van der Waals surface area contributed by atoms with Gasteiger partial charge in [0.2, 0.25) is 0 Å². The Kier molecular flexibility index (Phi) is 1.49. The van der Waals surface area contributed by atoms with Gasteiger partial charge in [0, 0.05) is 11.6 Å². The van der Waals surface area contributed by atoms with E-state index in [0.717, 1.165) is 10.5 Å². The number of hydrogen-bond acceptors (Lipinski definition) is 1. The maximum absolute atomic E-state index is 4.35. The number of halogens is 1. The quantitative estimate of drug-likeness (QED) is 0.632. The summed E-state index contributed by atoms with van der Waals surface area (Å²) in [4.78, 5) is 4.35. The van der Waals surface area contributed by atoms with Gasteiger partial charge in [-0.05, 0) is 40.9 Å². The van der Waals surface area contributed by atoms with E-state index in [1.165, 1.54) is 18.5 Å². The number of hydrogen-bond donors (Lipinski definition) is 0. The molecule has 52 valence electrons. The zero-order valence-corrected chi connectivity index (χ0v) is 7.13. The highest BCUT2D eigenvalue weighted by Gasteiger charge is 2.24. The first-order chi connectivity index (χ1) is 4.86. The first-order valence-corrected chi connectivity index (χ1v) is 4.28. The Bertz CT molecular complexity index is 243. The van der Waals surface area contributed by atoms with Gasteiger partial charge < -0.3 is 0 Å². The molecule has 2 rings (SSSR count). The molecule has 0 aromatic carbocycles. The third kappa shape index (κ3) is 1.21. The number of nitrogens with zero attached hydrogens (tertiary/aromatic N) is 1. The van der Waals surface area contributed by atoms with Crippen molar-refractivity contribution in [2.75, 3.05) is 0 Å². The van der Waals surface area contributed by atoms with E-state index in [0.29, 0.717) is 0 Å². The molecule has 1 saturated carbocycles. The van der Waals surface area contributed by atoms with E-state index in [1.54, 1.807) is 0 Å². The van der Waals surface area contributed by atoms with Crippen LogP contribution in [0.4, 0.5) is 0 Å². The minimum atomic E-state index is 0.762. The SMILES string of the molecule is Brc1cccc(C2CC2)n1. The van der Waals surface area contributed by atoms with Gasteiger partial charge in [0.15, 0.2) is 0 Å². The molecule has 1 aliphatic rings. The van der Waals surface area contributed by atoms with Crippen molar-refractivity contribution in [1.82, 2.24) is 4.98 Å². The van der Waals surface area contributed by atoms with Gasteiger partial charge in [-0.15, -0.1) is 0 Å². The van der Waals surface area contributed by atoms with Gasteiger partial charge in [-0.3, -0.25) is 0 Å². The summed E-state index contributed by atoms with van der Waals surface area (Å²) < 4.78 is 0.955. The first-order valence-electron chi connectivity index (χ1n) is 3.49. The average Bonchev–Trinajstić information content (AvgIpc) is 2.68. The summed E-state index contributed by atoms with van der Waals surface area (Å²) in [6.45, 7) is 0. The molecule has 1 aromatic heterocycles. The summed E-state index contributed by atoms with van der Waals surface area (Å²) in [6.07, 6.45) is 2.65. The van der Waals surface area contributed by atoms with E-state index in [2.05, 4.69) is 27.0 Å². The molecule has 0 unspecified atom stereocenters. The summed E-state index contributed by atoms with van der Waals surface area (Å²) in [5.74, 6) is 0.762. The lowest BCUT2D eigenvalue weighted by molar-refractivity contribution is 1.01. The van der Waals surface area contributed by atoms with Crippen LogP contribution in [-0.4, -0.2) is 4.98 Å². The summed E-state index contributed by atoms with van der Waals surface area (Å²) in [5.41, 5.74) is 1.24. The molecule has 1 aliphatic carbocycles. The average molecular weight is 198 g/mol. The molecule has 1 nitrogen and oxygen atoms in total.